The lowest BCUT2D eigenvalue weighted by Gasteiger charge is -2.33. The van der Waals surface area contributed by atoms with Crippen molar-refractivity contribution in [1.29, 1.82) is 0 Å². The first kappa shape index (κ1) is 12.4. The van der Waals surface area contributed by atoms with Crippen LogP contribution in [0.3, 0.4) is 0 Å². The molecule has 0 aliphatic carbocycles. The Bertz CT molecular complexity index is 236. The van der Waals surface area contributed by atoms with E-state index in [0.717, 1.165) is 0 Å². The van der Waals surface area contributed by atoms with Crippen molar-refractivity contribution in [3.63, 3.8) is 0 Å². The molecule has 0 spiro atoms. The van der Waals surface area contributed by atoms with Gasteiger partial charge in [-0.15, -0.1) is 0 Å². The fourth-order valence-corrected chi connectivity index (χ4v) is 1.46. The van der Waals surface area contributed by atoms with Gasteiger partial charge in [-0.25, -0.2) is 0 Å². The Morgan fingerprint density at radius 2 is 2.13 bits per heavy atom. The highest BCUT2D eigenvalue weighted by Crippen LogP contribution is 2.22. The number of aliphatic hydroxyl groups is 1. The van der Waals surface area contributed by atoms with E-state index in [9.17, 15) is 9.90 Å². The lowest BCUT2D eigenvalue weighted by Crippen LogP contribution is -2.50. The summed E-state index contributed by atoms with van der Waals surface area (Å²) in [6, 6.07) is 0. The second kappa shape index (κ2) is 4.47. The van der Waals surface area contributed by atoms with Gasteiger partial charge in [0.25, 0.3) is 0 Å². The number of aliphatic hydroxyl groups excluding tert-OH is 1. The second-order valence-electron chi connectivity index (χ2n) is 4.75. The van der Waals surface area contributed by atoms with Crippen LogP contribution in [0.4, 0.5) is 0 Å². The van der Waals surface area contributed by atoms with Crippen molar-refractivity contribution in [1.82, 2.24) is 0 Å². The SMILES string of the molecule is CC(C)(C)OC(=O)C1CCOC(N)C1O. The topological polar surface area (TPSA) is 81.8 Å². The molecule has 3 atom stereocenters. The van der Waals surface area contributed by atoms with Gasteiger partial charge < -0.3 is 20.3 Å². The zero-order valence-corrected chi connectivity index (χ0v) is 9.40. The van der Waals surface area contributed by atoms with Crippen molar-refractivity contribution in [2.24, 2.45) is 11.7 Å². The van der Waals surface area contributed by atoms with Gasteiger partial charge in [-0.05, 0) is 27.2 Å². The first-order valence-electron chi connectivity index (χ1n) is 5.09. The Labute approximate surface area is 89.5 Å². The van der Waals surface area contributed by atoms with Gasteiger partial charge in [-0.2, -0.15) is 0 Å². The van der Waals surface area contributed by atoms with Crippen LogP contribution < -0.4 is 5.73 Å². The number of carbonyl (C=O) groups excluding carboxylic acids is 1. The number of ether oxygens (including phenoxy) is 2. The van der Waals surface area contributed by atoms with E-state index in [1.165, 1.54) is 0 Å². The number of esters is 1. The van der Waals surface area contributed by atoms with Gasteiger partial charge in [0.2, 0.25) is 0 Å². The van der Waals surface area contributed by atoms with Crippen LogP contribution >= 0.6 is 0 Å². The highest BCUT2D eigenvalue weighted by molar-refractivity contribution is 5.73. The van der Waals surface area contributed by atoms with E-state index in [2.05, 4.69) is 0 Å². The van der Waals surface area contributed by atoms with Crippen molar-refractivity contribution < 1.29 is 19.4 Å². The molecule has 1 rings (SSSR count). The lowest BCUT2D eigenvalue weighted by atomic mass is 9.95. The van der Waals surface area contributed by atoms with E-state index in [1.807, 2.05) is 0 Å². The smallest absolute Gasteiger partial charge is 0.312 e. The van der Waals surface area contributed by atoms with Crippen LogP contribution in [0.5, 0.6) is 0 Å². The van der Waals surface area contributed by atoms with Gasteiger partial charge >= 0.3 is 5.97 Å². The summed E-state index contributed by atoms with van der Waals surface area (Å²) < 4.78 is 10.2. The summed E-state index contributed by atoms with van der Waals surface area (Å²) in [4.78, 5) is 11.7. The Morgan fingerprint density at radius 3 is 2.67 bits per heavy atom. The Balaban J connectivity index is 2.59. The Kier molecular flexibility index (Phi) is 3.70. The van der Waals surface area contributed by atoms with Crippen molar-refractivity contribution in [3.05, 3.63) is 0 Å². The summed E-state index contributed by atoms with van der Waals surface area (Å²) in [7, 11) is 0. The normalized spacial score (nSPS) is 32.5. The summed E-state index contributed by atoms with van der Waals surface area (Å²) in [6.45, 7) is 5.74. The molecule has 88 valence electrons. The zero-order valence-electron chi connectivity index (χ0n) is 9.40. The maximum absolute atomic E-state index is 11.7. The van der Waals surface area contributed by atoms with Gasteiger partial charge in [-0.3, -0.25) is 4.79 Å². The third-order valence-electron chi connectivity index (χ3n) is 2.20. The Morgan fingerprint density at radius 1 is 1.53 bits per heavy atom. The van der Waals surface area contributed by atoms with Crippen molar-refractivity contribution >= 4 is 5.97 Å². The Hall–Kier alpha value is -0.650. The van der Waals surface area contributed by atoms with Crippen LogP contribution in [0.25, 0.3) is 0 Å². The molecular weight excluding hydrogens is 198 g/mol. The van der Waals surface area contributed by atoms with Gasteiger partial charge in [0.1, 0.15) is 17.9 Å². The first-order chi connectivity index (χ1) is 6.81. The summed E-state index contributed by atoms with van der Waals surface area (Å²) in [6.07, 6.45) is -1.33. The monoisotopic (exact) mass is 217 g/mol. The minimum atomic E-state index is -0.978. The molecule has 15 heavy (non-hydrogen) atoms. The zero-order chi connectivity index (χ0) is 11.6. The molecule has 3 unspecified atom stereocenters. The third-order valence-corrected chi connectivity index (χ3v) is 2.20. The highest BCUT2D eigenvalue weighted by Gasteiger charge is 2.37. The number of hydrogen-bond donors (Lipinski definition) is 2. The molecule has 0 bridgehead atoms. The molecule has 0 saturated carbocycles. The summed E-state index contributed by atoms with van der Waals surface area (Å²) >= 11 is 0. The molecule has 0 radical (unpaired) electrons. The average Bonchev–Trinajstić information content (AvgIpc) is 2.06. The molecule has 3 N–H and O–H groups in total. The molecule has 1 heterocycles. The minimum absolute atomic E-state index is 0.377. The first-order valence-corrected chi connectivity index (χ1v) is 5.09. The molecule has 1 saturated heterocycles. The summed E-state index contributed by atoms with van der Waals surface area (Å²) in [5.74, 6) is -0.985. The van der Waals surface area contributed by atoms with E-state index in [1.54, 1.807) is 20.8 Å². The largest absolute Gasteiger partial charge is 0.460 e. The second-order valence-corrected chi connectivity index (χ2v) is 4.75. The number of hydrogen-bond acceptors (Lipinski definition) is 5. The summed E-state index contributed by atoms with van der Waals surface area (Å²) in [5, 5.41) is 9.65. The minimum Gasteiger partial charge on any atom is -0.460 e. The standard InChI is InChI=1S/C10H19NO4/c1-10(2,3)15-9(13)6-4-5-14-8(11)7(6)12/h6-8,12H,4-5,11H2,1-3H3. The average molecular weight is 217 g/mol. The lowest BCUT2D eigenvalue weighted by molar-refractivity contribution is -0.176. The van der Waals surface area contributed by atoms with Crippen LogP contribution in [0.2, 0.25) is 0 Å². The molecular formula is C10H19NO4. The van der Waals surface area contributed by atoms with Crippen molar-refractivity contribution in [2.45, 2.75) is 45.1 Å². The molecule has 1 aliphatic heterocycles. The van der Waals surface area contributed by atoms with Gasteiger partial charge in [0, 0.05) is 6.61 Å². The fraction of sp³-hybridized carbons (Fsp3) is 0.900. The maximum atomic E-state index is 11.7. The van der Waals surface area contributed by atoms with Crippen LogP contribution in [0.1, 0.15) is 27.2 Å². The van der Waals surface area contributed by atoms with Crippen LogP contribution in [-0.4, -0.2) is 35.6 Å². The highest BCUT2D eigenvalue weighted by atomic mass is 16.6. The molecule has 0 aromatic carbocycles. The molecule has 1 aliphatic rings. The van der Waals surface area contributed by atoms with E-state index in [4.69, 9.17) is 15.2 Å². The fourth-order valence-electron chi connectivity index (χ4n) is 1.46. The van der Waals surface area contributed by atoms with Crippen LogP contribution in [-0.2, 0) is 14.3 Å². The van der Waals surface area contributed by atoms with Crippen LogP contribution in [0, 0.1) is 5.92 Å². The molecule has 0 aromatic heterocycles. The molecule has 1 fully saturated rings. The quantitative estimate of drug-likeness (QED) is 0.605. The predicted octanol–water partition coefficient (Wildman–Crippen LogP) is 0.0103. The van der Waals surface area contributed by atoms with E-state index in [0.29, 0.717) is 13.0 Å². The van der Waals surface area contributed by atoms with Gasteiger partial charge in [0.05, 0.1) is 5.92 Å². The molecule has 0 amide bonds. The molecule has 5 nitrogen and oxygen atoms in total. The third kappa shape index (κ3) is 3.44. The van der Waals surface area contributed by atoms with Crippen molar-refractivity contribution in [3.8, 4) is 0 Å². The van der Waals surface area contributed by atoms with Crippen LogP contribution in [0.15, 0.2) is 0 Å². The van der Waals surface area contributed by atoms with E-state index >= 15 is 0 Å². The molecule has 0 aromatic rings. The number of rotatable bonds is 1. The van der Waals surface area contributed by atoms with Gasteiger partial charge in [0.15, 0.2) is 0 Å². The van der Waals surface area contributed by atoms with E-state index in [-0.39, 0.29) is 0 Å². The van der Waals surface area contributed by atoms with E-state index < -0.39 is 29.8 Å². The number of carbonyl (C=O) groups is 1. The predicted molar refractivity (Wildman–Crippen MR) is 53.9 cm³/mol. The van der Waals surface area contributed by atoms with Crippen molar-refractivity contribution in [2.75, 3.05) is 6.61 Å². The summed E-state index contributed by atoms with van der Waals surface area (Å²) in [5.41, 5.74) is 4.95. The number of nitrogens with two attached hydrogens (primary N) is 1. The van der Waals surface area contributed by atoms with Gasteiger partial charge in [-0.1, -0.05) is 0 Å². The molecule has 5 heteroatoms. The maximum Gasteiger partial charge on any atom is 0.312 e.